The summed E-state index contributed by atoms with van der Waals surface area (Å²) in [6.45, 7) is 5.45. The summed E-state index contributed by atoms with van der Waals surface area (Å²) in [5.41, 5.74) is 0. The monoisotopic (exact) mass is 238 g/mol. The molecule has 2 aliphatic rings. The van der Waals surface area contributed by atoms with Crippen molar-refractivity contribution >= 4 is 5.91 Å². The Labute approximate surface area is 105 Å². The van der Waals surface area contributed by atoms with Crippen molar-refractivity contribution in [1.82, 2.24) is 10.6 Å². The smallest absolute Gasteiger partial charge is 0.223 e. The third-order valence-electron chi connectivity index (χ3n) is 4.40. The van der Waals surface area contributed by atoms with Gasteiger partial charge in [-0.2, -0.15) is 0 Å². The number of carbonyl (C=O) groups is 1. The van der Waals surface area contributed by atoms with Gasteiger partial charge >= 0.3 is 0 Å². The van der Waals surface area contributed by atoms with Gasteiger partial charge in [0.2, 0.25) is 5.91 Å². The van der Waals surface area contributed by atoms with Gasteiger partial charge < -0.3 is 10.6 Å². The van der Waals surface area contributed by atoms with Crippen molar-refractivity contribution in [1.29, 1.82) is 0 Å². The van der Waals surface area contributed by atoms with Crippen LogP contribution in [0.4, 0.5) is 0 Å². The summed E-state index contributed by atoms with van der Waals surface area (Å²) in [5, 5.41) is 6.49. The van der Waals surface area contributed by atoms with Crippen LogP contribution in [0.1, 0.15) is 45.4 Å². The highest BCUT2D eigenvalue weighted by atomic mass is 16.1. The van der Waals surface area contributed by atoms with Crippen molar-refractivity contribution < 1.29 is 4.79 Å². The molecule has 1 heterocycles. The summed E-state index contributed by atoms with van der Waals surface area (Å²) in [5.74, 6) is 2.21. The Morgan fingerprint density at radius 3 is 2.65 bits per heavy atom. The van der Waals surface area contributed by atoms with E-state index in [0.29, 0.717) is 11.8 Å². The molecule has 17 heavy (non-hydrogen) atoms. The van der Waals surface area contributed by atoms with E-state index in [1.54, 1.807) is 0 Å². The molecule has 98 valence electrons. The molecule has 2 fully saturated rings. The molecule has 1 aliphatic heterocycles. The molecule has 2 N–H and O–H groups in total. The Morgan fingerprint density at radius 2 is 2.00 bits per heavy atom. The van der Waals surface area contributed by atoms with E-state index in [4.69, 9.17) is 0 Å². The van der Waals surface area contributed by atoms with Gasteiger partial charge in [0.1, 0.15) is 0 Å². The Kier molecular flexibility index (Phi) is 4.84. The van der Waals surface area contributed by atoms with Crippen LogP contribution in [0, 0.1) is 17.8 Å². The quantitative estimate of drug-likeness (QED) is 0.786. The van der Waals surface area contributed by atoms with E-state index in [9.17, 15) is 4.79 Å². The van der Waals surface area contributed by atoms with Crippen LogP contribution in [0.25, 0.3) is 0 Å². The summed E-state index contributed by atoms with van der Waals surface area (Å²) in [7, 11) is 0. The highest BCUT2D eigenvalue weighted by molar-refractivity contribution is 5.78. The van der Waals surface area contributed by atoms with Crippen molar-refractivity contribution in [3.05, 3.63) is 0 Å². The summed E-state index contributed by atoms with van der Waals surface area (Å²) < 4.78 is 0. The van der Waals surface area contributed by atoms with Crippen LogP contribution in [0.2, 0.25) is 0 Å². The van der Waals surface area contributed by atoms with Crippen LogP contribution < -0.4 is 10.6 Å². The zero-order valence-corrected chi connectivity index (χ0v) is 11.0. The molecule has 3 nitrogen and oxygen atoms in total. The van der Waals surface area contributed by atoms with E-state index in [-0.39, 0.29) is 0 Å². The third kappa shape index (κ3) is 3.98. The van der Waals surface area contributed by atoms with E-state index in [1.165, 1.54) is 19.3 Å². The number of carbonyl (C=O) groups excluding carboxylic acids is 1. The van der Waals surface area contributed by atoms with Crippen molar-refractivity contribution in [2.45, 2.75) is 45.4 Å². The molecule has 0 aromatic carbocycles. The first-order chi connectivity index (χ1) is 8.25. The lowest BCUT2D eigenvalue weighted by Gasteiger charge is -2.25. The summed E-state index contributed by atoms with van der Waals surface area (Å²) in [6.07, 6.45) is 7.06. The van der Waals surface area contributed by atoms with Gasteiger partial charge in [0.15, 0.2) is 0 Å². The van der Waals surface area contributed by atoms with Gasteiger partial charge in [0.25, 0.3) is 0 Å². The van der Waals surface area contributed by atoms with Gasteiger partial charge in [0.05, 0.1) is 0 Å². The molecule has 0 aromatic rings. The van der Waals surface area contributed by atoms with Gasteiger partial charge in [-0.25, -0.2) is 0 Å². The Balaban J connectivity index is 1.60. The molecule has 1 saturated heterocycles. The molecule has 1 unspecified atom stereocenters. The Morgan fingerprint density at radius 1 is 1.24 bits per heavy atom. The fourth-order valence-electron chi connectivity index (χ4n) is 3.03. The normalized spacial score (nSPS) is 33.6. The molecule has 0 bridgehead atoms. The maximum absolute atomic E-state index is 12.0. The minimum atomic E-state index is 0.299. The zero-order valence-electron chi connectivity index (χ0n) is 11.0. The highest BCUT2D eigenvalue weighted by Crippen LogP contribution is 2.28. The average molecular weight is 238 g/mol. The Hall–Kier alpha value is -0.570. The lowest BCUT2D eigenvalue weighted by atomic mass is 9.82. The maximum atomic E-state index is 12.0. The molecule has 1 saturated carbocycles. The molecule has 1 atom stereocenters. The Bertz CT molecular complexity index is 241. The number of hydrogen-bond acceptors (Lipinski definition) is 2. The predicted octanol–water partition coefficient (Wildman–Crippen LogP) is 1.93. The second-order valence-corrected chi connectivity index (χ2v) is 5.90. The number of nitrogens with one attached hydrogen (secondary N) is 2. The molecule has 0 radical (unpaired) electrons. The molecule has 0 aromatic heterocycles. The highest BCUT2D eigenvalue weighted by Gasteiger charge is 2.24. The number of amides is 1. The fourth-order valence-corrected chi connectivity index (χ4v) is 3.03. The second kappa shape index (κ2) is 6.39. The number of hydrogen-bond donors (Lipinski definition) is 2. The molecule has 1 aliphatic carbocycles. The summed E-state index contributed by atoms with van der Waals surface area (Å²) in [6, 6.07) is 0. The molecule has 1 amide bonds. The minimum absolute atomic E-state index is 0.299. The van der Waals surface area contributed by atoms with Gasteiger partial charge in [-0.1, -0.05) is 6.92 Å². The van der Waals surface area contributed by atoms with Crippen LogP contribution in [0.3, 0.4) is 0 Å². The van der Waals surface area contributed by atoms with Gasteiger partial charge in [0, 0.05) is 12.5 Å². The molecule has 0 spiro atoms. The second-order valence-electron chi connectivity index (χ2n) is 5.90. The predicted molar refractivity (Wildman–Crippen MR) is 69.7 cm³/mol. The van der Waals surface area contributed by atoms with Crippen molar-refractivity contribution in [3.63, 3.8) is 0 Å². The maximum Gasteiger partial charge on any atom is 0.223 e. The van der Waals surface area contributed by atoms with Crippen molar-refractivity contribution in [3.8, 4) is 0 Å². The lowest BCUT2D eigenvalue weighted by molar-refractivity contribution is -0.126. The fraction of sp³-hybridized carbons (Fsp3) is 0.929. The van der Waals surface area contributed by atoms with E-state index in [0.717, 1.165) is 50.7 Å². The van der Waals surface area contributed by atoms with E-state index in [2.05, 4.69) is 17.6 Å². The molecule has 2 rings (SSSR count). The van der Waals surface area contributed by atoms with Gasteiger partial charge in [-0.15, -0.1) is 0 Å². The standard InChI is InChI=1S/C14H26N2O/c1-11-2-4-13(5-3-11)14(17)16-9-7-12-6-8-15-10-12/h11-13,15H,2-10H2,1H3,(H,16,17). The van der Waals surface area contributed by atoms with Crippen molar-refractivity contribution in [2.75, 3.05) is 19.6 Å². The van der Waals surface area contributed by atoms with Crippen LogP contribution in [0.15, 0.2) is 0 Å². The average Bonchev–Trinajstić information content (AvgIpc) is 2.83. The van der Waals surface area contributed by atoms with Gasteiger partial charge in [-0.3, -0.25) is 4.79 Å². The van der Waals surface area contributed by atoms with Gasteiger partial charge in [-0.05, 0) is 63.5 Å². The molecule has 3 heteroatoms. The first-order valence-corrected chi connectivity index (χ1v) is 7.24. The largest absolute Gasteiger partial charge is 0.356 e. The first kappa shape index (κ1) is 12.9. The van der Waals surface area contributed by atoms with E-state index >= 15 is 0 Å². The molecular weight excluding hydrogens is 212 g/mol. The van der Waals surface area contributed by atoms with Crippen LogP contribution in [0.5, 0.6) is 0 Å². The first-order valence-electron chi connectivity index (χ1n) is 7.24. The van der Waals surface area contributed by atoms with Crippen molar-refractivity contribution in [2.24, 2.45) is 17.8 Å². The summed E-state index contributed by atoms with van der Waals surface area (Å²) >= 11 is 0. The lowest BCUT2D eigenvalue weighted by Crippen LogP contribution is -2.34. The minimum Gasteiger partial charge on any atom is -0.356 e. The van der Waals surface area contributed by atoms with Crippen LogP contribution in [-0.2, 0) is 4.79 Å². The zero-order chi connectivity index (χ0) is 12.1. The van der Waals surface area contributed by atoms with E-state index in [1.807, 2.05) is 0 Å². The SMILES string of the molecule is CC1CCC(C(=O)NCCC2CCNC2)CC1. The molecular formula is C14H26N2O. The topological polar surface area (TPSA) is 41.1 Å². The summed E-state index contributed by atoms with van der Waals surface area (Å²) in [4.78, 5) is 12.0. The van der Waals surface area contributed by atoms with E-state index < -0.39 is 0 Å². The number of rotatable bonds is 4. The third-order valence-corrected chi connectivity index (χ3v) is 4.40. The van der Waals surface area contributed by atoms with Crippen LogP contribution >= 0.6 is 0 Å². The van der Waals surface area contributed by atoms with Crippen LogP contribution in [-0.4, -0.2) is 25.5 Å².